The molecular formula is C23H20ClF2N3O3. The Morgan fingerprint density at radius 3 is 2.69 bits per heavy atom. The van der Waals surface area contributed by atoms with Gasteiger partial charge in [0.2, 0.25) is 11.8 Å². The molecule has 4 rings (SSSR count). The zero-order valence-electron chi connectivity index (χ0n) is 17.5. The van der Waals surface area contributed by atoms with Crippen LogP contribution in [0, 0.1) is 18.6 Å². The highest BCUT2D eigenvalue weighted by atomic mass is 35.5. The van der Waals surface area contributed by atoms with Crippen molar-refractivity contribution in [2.24, 2.45) is 0 Å². The van der Waals surface area contributed by atoms with Gasteiger partial charge in [0, 0.05) is 31.6 Å². The van der Waals surface area contributed by atoms with Crippen LogP contribution in [0.15, 0.2) is 41.2 Å². The van der Waals surface area contributed by atoms with Crippen LogP contribution in [-0.2, 0) is 24.4 Å². The van der Waals surface area contributed by atoms with E-state index >= 15 is 0 Å². The van der Waals surface area contributed by atoms with E-state index in [2.05, 4.69) is 4.98 Å². The van der Waals surface area contributed by atoms with E-state index in [4.69, 9.17) is 16.3 Å². The Balaban J connectivity index is 1.64. The Morgan fingerprint density at radius 1 is 1.19 bits per heavy atom. The van der Waals surface area contributed by atoms with Crippen molar-refractivity contribution in [3.05, 3.63) is 85.9 Å². The lowest BCUT2D eigenvalue weighted by Crippen LogP contribution is -2.34. The van der Waals surface area contributed by atoms with Crippen LogP contribution in [0.5, 0.6) is 5.88 Å². The number of halogens is 3. The molecule has 0 saturated carbocycles. The van der Waals surface area contributed by atoms with Gasteiger partial charge in [-0.2, -0.15) is 4.98 Å². The number of benzene rings is 2. The maximum absolute atomic E-state index is 13.8. The molecular weight excluding hydrogens is 440 g/mol. The first-order chi connectivity index (χ1) is 15.2. The van der Waals surface area contributed by atoms with Crippen LogP contribution in [0.2, 0.25) is 5.02 Å². The summed E-state index contributed by atoms with van der Waals surface area (Å²) >= 11 is 6.23. The molecule has 0 spiro atoms. The van der Waals surface area contributed by atoms with E-state index in [9.17, 15) is 18.4 Å². The van der Waals surface area contributed by atoms with Crippen LogP contribution in [0.4, 0.5) is 8.78 Å². The van der Waals surface area contributed by atoms with Crippen molar-refractivity contribution in [2.45, 2.75) is 33.4 Å². The first kappa shape index (κ1) is 22.0. The minimum Gasteiger partial charge on any atom is -0.471 e. The van der Waals surface area contributed by atoms with Crippen molar-refractivity contribution < 1.29 is 18.3 Å². The summed E-state index contributed by atoms with van der Waals surface area (Å²) in [6.07, 6.45) is 0.745. The molecule has 0 unspecified atom stereocenters. The number of aromatic nitrogens is 2. The Morgan fingerprint density at radius 2 is 1.97 bits per heavy atom. The van der Waals surface area contributed by atoms with Crippen LogP contribution < -0.4 is 10.3 Å². The molecule has 2 aromatic carbocycles. The highest BCUT2D eigenvalue weighted by Gasteiger charge is 2.21. The number of fused-ring (bicyclic) bond motifs is 1. The summed E-state index contributed by atoms with van der Waals surface area (Å²) in [5.41, 5.74) is 2.22. The zero-order chi connectivity index (χ0) is 23.0. The molecule has 0 N–H and O–H groups in total. The summed E-state index contributed by atoms with van der Waals surface area (Å²) in [4.78, 5) is 30.8. The molecule has 0 fully saturated rings. The Hall–Kier alpha value is -3.26. The second kappa shape index (κ2) is 8.70. The van der Waals surface area contributed by atoms with Gasteiger partial charge in [0.15, 0.2) is 5.02 Å². The van der Waals surface area contributed by atoms with Gasteiger partial charge in [-0.25, -0.2) is 8.78 Å². The van der Waals surface area contributed by atoms with E-state index in [0.717, 1.165) is 29.7 Å². The predicted octanol–water partition coefficient (Wildman–Crippen LogP) is 3.96. The van der Waals surface area contributed by atoms with E-state index in [-0.39, 0.29) is 29.0 Å². The molecule has 6 nitrogen and oxygen atoms in total. The second-order valence-electron chi connectivity index (χ2n) is 7.59. The van der Waals surface area contributed by atoms with Gasteiger partial charge in [-0.1, -0.05) is 17.7 Å². The third-order valence-corrected chi connectivity index (χ3v) is 5.77. The average Bonchev–Trinajstić information content (AvgIpc) is 2.75. The first-order valence-corrected chi connectivity index (χ1v) is 10.4. The minimum absolute atomic E-state index is 0.00166. The summed E-state index contributed by atoms with van der Waals surface area (Å²) in [6.45, 7) is 4.03. The first-order valence-electron chi connectivity index (χ1n) is 9.98. The lowest BCUT2D eigenvalue weighted by molar-refractivity contribution is -0.129. The fourth-order valence-corrected chi connectivity index (χ4v) is 3.90. The molecule has 0 radical (unpaired) electrons. The summed E-state index contributed by atoms with van der Waals surface area (Å²) in [5, 5.41) is -0.249. The van der Waals surface area contributed by atoms with Crippen molar-refractivity contribution in [3.63, 3.8) is 0 Å². The molecule has 0 atom stereocenters. The lowest BCUT2D eigenvalue weighted by Gasteiger charge is -2.28. The van der Waals surface area contributed by atoms with Gasteiger partial charge in [0.1, 0.15) is 24.1 Å². The monoisotopic (exact) mass is 459 g/mol. The Labute approximate surface area is 188 Å². The number of ether oxygens (including phenoxy) is 1. The third-order valence-electron chi connectivity index (χ3n) is 5.45. The fourth-order valence-electron chi connectivity index (χ4n) is 3.72. The van der Waals surface area contributed by atoms with E-state index in [1.54, 1.807) is 11.8 Å². The molecule has 1 aliphatic heterocycles. The zero-order valence-corrected chi connectivity index (χ0v) is 18.2. The molecule has 9 heteroatoms. The van der Waals surface area contributed by atoms with E-state index < -0.39 is 17.2 Å². The smallest absolute Gasteiger partial charge is 0.280 e. The average molecular weight is 460 g/mol. The van der Waals surface area contributed by atoms with Crippen molar-refractivity contribution in [1.82, 2.24) is 14.5 Å². The Bertz CT molecular complexity index is 1280. The number of hydrogen-bond donors (Lipinski definition) is 0. The molecule has 0 bridgehead atoms. The highest BCUT2D eigenvalue weighted by Crippen LogP contribution is 2.25. The highest BCUT2D eigenvalue weighted by molar-refractivity contribution is 6.31. The molecule has 2 heterocycles. The van der Waals surface area contributed by atoms with Gasteiger partial charge >= 0.3 is 0 Å². The number of carbonyl (C=O) groups is 1. The van der Waals surface area contributed by atoms with Crippen molar-refractivity contribution in [2.75, 3.05) is 6.54 Å². The van der Waals surface area contributed by atoms with Crippen LogP contribution in [0.1, 0.15) is 29.4 Å². The van der Waals surface area contributed by atoms with Gasteiger partial charge in [0.05, 0.1) is 5.69 Å². The topological polar surface area (TPSA) is 64.4 Å². The molecule has 32 heavy (non-hydrogen) atoms. The van der Waals surface area contributed by atoms with Crippen molar-refractivity contribution in [3.8, 4) is 11.6 Å². The standard InChI is InChI=1S/C23H20ClF2N3O3/c1-13-27-22(32-12-16-3-5-18(25)10-20(16)26)21(24)23(31)29(13)19-6-4-15-7-8-28(14(2)30)11-17(15)9-19/h3-6,9-10H,7-8,11-12H2,1-2H3. The van der Waals surface area contributed by atoms with E-state index in [1.165, 1.54) is 17.6 Å². The SMILES string of the molecule is CC(=O)N1CCc2ccc(-n3c(C)nc(OCc4ccc(F)cc4F)c(Cl)c3=O)cc2C1. The van der Waals surface area contributed by atoms with Crippen molar-refractivity contribution >= 4 is 17.5 Å². The van der Waals surface area contributed by atoms with E-state index in [0.29, 0.717) is 24.6 Å². The molecule has 0 aliphatic carbocycles. The maximum Gasteiger partial charge on any atom is 0.280 e. The maximum atomic E-state index is 13.8. The lowest BCUT2D eigenvalue weighted by atomic mass is 9.99. The minimum atomic E-state index is -0.764. The number of aryl methyl sites for hydroxylation is 1. The quantitative estimate of drug-likeness (QED) is 0.592. The molecule has 1 aliphatic rings. The molecule has 0 saturated heterocycles. The summed E-state index contributed by atoms with van der Waals surface area (Å²) in [6, 6.07) is 8.71. The number of rotatable bonds is 4. The van der Waals surface area contributed by atoms with Gasteiger partial charge in [-0.05, 0) is 48.7 Å². The number of hydrogen-bond acceptors (Lipinski definition) is 4. The van der Waals surface area contributed by atoms with E-state index in [1.807, 2.05) is 18.2 Å². The van der Waals surface area contributed by atoms with Crippen LogP contribution in [0.25, 0.3) is 5.69 Å². The molecule has 1 aromatic heterocycles. The van der Waals surface area contributed by atoms with Crippen LogP contribution in [-0.4, -0.2) is 26.9 Å². The van der Waals surface area contributed by atoms with Gasteiger partial charge < -0.3 is 9.64 Å². The number of nitrogens with zero attached hydrogens (tertiary/aromatic N) is 3. The summed E-state index contributed by atoms with van der Waals surface area (Å²) in [5.74, 6) is -1.27. The van der Waals surface area contributed by atoms with Gasteiger partial charge in [-0.3, -0.25) is 14.2 Å². The molecule has 3 aromatic rings. The molecule has 166 valence electrons. The van der Waals surface area contributed by atoms with Crippen LogP contribution in [0.3, 0.4) is 0 Å². The number of amides is 1. The van der Waals surface area contributed by atoms with Crippen molar-refractivity contribution in [1.29, 1.82) is 0 Å². The largest absolute Gasteiger partial charge is 0.471 e. The Kier molecular flexibility index (Phi) is 5.97. The second-order valence-corrected chi connectivity index (χ2v) is 7.96. The summed E-state index contributed by atoms with van der Waals surface area (Å²) in [7, 11) is 0. The third kappa shape index (κ3) is 4.23. The van der Waals surface area contributed by atoms with Crippen LogP contribution >= 0.6 is 11.6 Å². The van der Waals surface area contributed by atoms with Gasteiger partial charge in [0.25, 0.3) is 5.56 Å². The predicted molar refractivity (Wildman–Crippen MR) is 115 cm³/mol. The fraction of sp³-hybridized carbons (Fsp3) is 0.261. The summed E-state index contributed by atoms with van der Waals surface area (Å²) < 4.78 is 33.8. The number of carbonyl (C=O) groups excluding carboxylic acids is 1. The van der Waals surface area contributed by atoms with Gasteiger partial charge in [-0.15, -0.1) is 0 Å². The molecule has 1 amide bonds. The normalized spacial score (nSPS) is 13.1.